The maximum Gasteiger partial charge on any atom is 0.0830 e. The van der Waals surface area contributed by atoms with E-state index in [1.807, 2.05) is 65.0 Å². The van der Waals surface area contributed by atoms with Crippen LogP contribution in [-0.4, -0.2) is 45.1 Å². The molecule has 0 amide bonds. The lowest BCUT2D eigenvalue weighted by molar-refractivity contribution is 0.117. The quantitative estimate of drug-likeness (QED) is 0.589. The molecule has 0 radical (unpaired) electrons. The van der Waals surface area contributed by atoms with Gasteiger partial charge in [0, 0.05) is 30.3 Å². The van der Waals surface area contributed by atoms with E-state index in [4.69, 9.17) is 5.73 Å². The van der Waals surface area contributed by atoms with E-state index in [1.54, 1.807) is 6.26 Å². The first-order valence-corrected chi connectivity index (χ1v) is 11.3. The lowest BCUT2D eigenvalue weighted by Crippen LogP contribution is -2.49. The van der Waals surface area contributed by atoms with Crippen molar-refractivity contribution in [3.05, 3.63) is 66.2 Å². The van der Waals surface area contributed by atoms with Gasteiger partial charge in [-0.1, -0.05) is 62.4 Å². The van der Waals surface area contributed by atoms with Crippen LogP contribution >= 0.6 is 0 Å². The molecule has 2 atom stereocenters. The maximum absolute atomic E-state index is 13.5. The number of nitrogens with two attached hydrogens (primary N) is 1. The van der Waals surface area contributed by atoms with E-state index in [2.05, 4.69) is 13.8 Å². The predicted molar refractivity (Wildman–Crippen MR) is 111 cm³/mol. The van der Waals surface area contributed by atoms with Gasteiger partial charge in [0.15, 0.2) is 0 Å². The molecule has 0 aromatic heterocycles. The minimum Gasteiger partial charge on any atom is -0.390 e. The Morgan fingerprint density at radius 1 is 1.00 bits per heavy atom. The van der Waals surface area contributed by atoms with Gasteiger partial charge in [0.25, 0.3) is 0 Å². The highest BCUT2D eigenvalue weighted by Crippen LogP contribution is 2.23. The number of thiol groups is 1. The lowest BCUT2D eigenvalue weighted by Gasteiger charge is -2.37. The van der Waals surface area contributed by atoms with E-state index >= 15 is 0 Å². The molecule has 26 heavy (non-hydrogen) atoms. The summed E-state index contributed by atoms with van der Waals surface area (Å²) in [5, 5.41) is 10.7. The Bertz CT molecular complexity index is 706. The summed E-state index contributed by atoms with van der Waals surface area (Å²) in [5.74, 6) is 0.338. The van der Waals surface area contributed by atoms with Gasteiger partial charge in [-0.15, -0.1) is 0 Å². The summed E-state index contributed by atoms with van der Waals surface area (Å²) in [4.78, 5) is 0.810. The van der Waals surface area contributed by atoms with Crippen molar-refractivity contribution in [1.29, 1.82) is 0 Å². The molecular formula is C21H32N2O2S. The first-order chi connectivity index (χ1) is 12.3. The van der Waals surface area contributed by atoms with Crippen LogP contribution in [0.2, 0.25) is 0 Å². The molecular weight excluding hydrogens is 344 g/mol. The van der Waals surface area contributed by atoms with Gasteiger partial charge >= 0.3 is 0 Å². The summed E-state index contributed by atoms with van der Waals surface area (Å²) in [6, 6.07) is 19.0. The largest absolute Gasteiger partial charge is 0.390 e. The van der Waals surface area contributed by atoms with Crippen molar-refractivity contribution in [2.45, 2.75) is 37.3 Å². The third-order valence-electron chi connectivity index (χ3n) is 4.56. The van der Waals surface area contributed by atoms with Crippen LogP contribution in [0.1, 0.15) is 19.4 Å². The maximum atomic E-state index is 13.5. The Morgan fingerprint density at radius 3 is 2.08 bits per heavy atom. The van der Waals surface area contributed by atoms with Gasteiger partial charge in [0.1, 0.15) is 0 Å². The molecule has 5 heteroatoms. The number of benzene rings is 2. The highest BCUT2D eigenvalue weighted by Gasteiger charge is 2.27. The van der Waals surface area contributed by atoms with E-state index < -0.39 is 22.3 Å². The highest BCUT2D eigenvalue weighted by atomic mass is 32.3. The molecule has 2 aromatic carbocycles. The Balaban J connectivity index is 2.12. The second-order valence-corrected chi connectivity index (χ2v) is 10.2. The first kappa shape index (κ1) is 20.8. The topological polar surface area (TPSA) is 66.6 Å². The van der Waals surface area contributed by atoms with Gasteiger partial charge in [0.05, 0.1) is 6.10 Å². The molecule has 0 saturated heterocycles. The van der Waals surface area contributed by atoms with Gasteiger partial charge < -0.3 is 10.8 Å². The standard InChI is InChI=1S/C21H32N2O2S/c1-17(2)15-23(26(3,25)19-12-8-5-9-13-19)16-21(24)20(22)14-18-10-6-4-7-11-18/h4-13,17,20-21,24,26H,14-16,22H2,1-3H3/t20-,21+/m0/s1. The number of nitrogens with zero attached hydrogens (tertiary/aromatic N) is 1. The van der Waals surface area contributed by atoms with Crippen molar-refractivity contribution in [3.63, 3.8) is 0 Å². The van der Waals surface area contributed by atoms with Crippen molar-refractivity contribution >= 4 is 10.1 Å². The van der Waals surface area contributed by atoms with Crippen molar-refractivity contribution in [1.82, 2.24) is 4.31 Å². The van der Waals surface area contributed by atoms with Gasteiger partial charge in [-0.05, 0) is 40.2 Å². The number of hydrogen-bond acceptors (Lipinski definition) is 3. The van der Waals surface area contributed by atoms with Crippen LogP contribution in [0.25, 0.3) is 0 Å². The van der Waals surface area contributed by atoms with Crippen LogP contribution in [0.3, 0.4) is 0 Å². The monoisotopic (exact) mass is 376 g/mol. The molecule has 2 aromatic rings. The van der Waals surface area contributed by atoms with Crippen molar-refractivity contribution < 1.29 is 9.32 Å². The highest BCUT2D eigenvalue weighted by molar-refractivity contribution is 8.00. The van der Waals surface area contributed by atoms with Crippen LogP contribution in [0.5, 0.6) is 0 Å². The van der Waals surface area contributed by atoms with Crippen LogP contribution < -0.4 is 5.73 Å². The molecule has 0 bridgehead atoms. The molecule has 0 unspecified atom stereocenters. The molecule has 0 heterocycles. The van der Waals surface area contributed by atoms with Gasteiger partial charge in [-0.3, -0.25) is 4.21 Å². The van der Waals surface area contributed by atoms with Crippen LogP contribution in [-0.2, 0) is 16.5 Å². The molecule has 144 valence electrons. The number of aliphatic hydroxyl groups excluding tert-OH is 1. The Morgan fingerprint density at radius 2 is 1.54 bits per heavy atom. The van der Waals surface area contributed by atoms with E-state index in [-0.39, 0.29) is 0 Å². The average Bonchev–Trinajstić information content (AvgIpc) is 2.62. The van der Waals surface area contributed by atoms with Gasteiger partial charge in [-0.2, -0.15) is 0 Å². The fraction of sp³-hybridized carbons (Fsp3) is 0.429. The third kappa shape index (κ3) is 5.74. The molecule has 2 rings (SSSR count). The summed E-state index contributed by atoms with van der Waals surface area (Å²) in [6.07, 6.45) is 1.63. The minimum atomic E-state index is -2.77. The summed E-state index contributed by atoms with van der Waals surface area (Å²) in [7, 11) is -2.77. The zero-order valence-electron chi connectivity index (χ0n) is 16.0. The fourth-order valence-electron chi connectivity index (χ4n) is 3.05. The normalized spacial score (nSPS) is 15.2. The van der Waals surface area contributed by atoms with E-state index in [1.165, 1.54) is 0 Å². The second kappa shape index (κ2) is 9.42. The minimum absolute atomic E-state index is 0.300. The van der Waals surface area contributed by atoms with Crippen LogP contribution in [0, 0.1) is 5.92 Å². The molecule has 0 fully saturated rings. The molecule has 3 N–H and O–H groups in total. The molecule has 0 aliphatic rings. The van der Waals surface area contributed by atoms with Gasteiger partial charge in [-0.25, -0.2) is 4.31 Å². The molecule has 0 saturated carbocycles. The predicted octanol–water partition coefficient (Wildman–Crippen LogP) is 2.50. The molecule has 4 nitrogen and oxygen atoms in total. The summed E-state index contributed by atoms with van der Waals surface area (Å²) in [6.45, 7) is 5.13. The van der Waals surface area contributed by atoms with E-state index in [0.717, 1.165) is 10.5 Å². The number of rotatable bonds is 9. The Kier molecular flexibility index (Phi) is 7.53. The lowest BCUT2D eigenvalue weighted by atomic mass is 10.0. The second-order valence-electron chi connectivity index (χ2n) is 7.40. The average molecular weight is 377 g/mol. The fourth-order valence-corrected chi connectivity index (χ4v) is 5.22. The molecule has 0 spiro atoms. The van der Waals surface area contributed by atoms with Crippen molar-refractivity contribution in [3.8, 4) is 0 Å². The Labute approximate surface area is 158 Å². The smallest absolute Gasteiger partial charge is 0.0830 e. The Hall–Kier alpha value is -1.53. The number of aliphatic hydroxyl groups is 1. The van der Waals surface area contributed by atoms with Crippen LogP contribution in [0.15, 0.2) is 65.6 Å². The van der Waals surface area contributed by atoms with Crippen molar-refractivity contribution in [2.24, 2.45) is 11.7 Å². The number of hydrogen-bond donors (Lipinski definition) is 3. The molecule has 0 aliphatic heterocycles. The van der Waals surface area contributed by atoms with Crippen LogP contribution in [0.4, 0.5) is 0 Å². The van der Waals surface area contributed by atoms with Gasteiger partial charge in [0.2, 0.25) is 0 Å². The zero-order valence-corrected chi connectivity index (χ0v) is 16.8. The van der Waals surface area contributed by atoms with Crippen molar-refractivity contribution in [2.75, 3.05) is 19.3 Å². The summed E-state index contributed by atoms with van der Waals surface area (Å²) < 4.78 is 15.5. The third-order valence-corrected chi connectivity index (χ3v) is 7.22. The first-order valence-electron chi connectivity index (χ1n) is 9.17. The summed E-state index contributed by atoms with van der Waals surface area (Å²) >= 11 is 0. The van der Waals surface area contributed by atoms with E-state index in [9.17, 15) is 9.32 Å². The summed E-state index contributed by atoms with van der Waals surface area (Å²) in [5.41, 5.74) is 7.34. The van der Waals surface area contributed by atoms with E-state index in [0.29, 0.717) is 25.4 Å². The zero-order chi connectivity index (χ0) is 19.2. The SMILES string of the molecule is CC(C)CN(C[C@@H](O)[C@@H](N)Cc1ccccc1)[SH](C)(=O)c1ccccc1. The molecule has 0 aliphatic carbocycles.